The van der Waals surface area contributed by atoms with Gasteiger partial charge in [-0.3, -0.25) is 4.90 Å². The van der Waals surface area contributed by atoms with Gasteiger partial charge in [0.25, 0.3) is 10.0 Å². The lowest BCUT2D eigenvalue weighted by Gasteiger charge is -2.41. The number of sulfonamides is 1. The summed E-state index contributed by atoms with van der Waals surface area (Å²) in [6.45, 7) is 8.79. The van der Waals surface area contributed by atoms with E-state index in [2.05, 4.69) is 39.3 Å². The first-order valence-electron chi connectivity index (χ1n) is 12.2. The van der Waals surface area contributed by atoms with Gasteiger partial charge in [0.15, 0.2) is 0 Å². The van der Waals surface area contributed by atoms with Crippen molar-refractivity contribution in [3.63, 3.8) is 0 Å². The quantitative estimate of drug-likeness (QED) is 0.377. The predicted octanol–water partition coefficient (Wildman–Crippen LogP) is 3.54. The van der Waals surface area contributed by atoms with Crippen LogP contribution in [0.25, 0.3) is 16.6 Å². The lowest BCUT2D eigenvalue weighted by molar-refractivity contribution is 0.118. The number of hydrogen-bond donors (Lipinski definition) is 0. The molecule has 2 aromatic carbocycles. The Bertz CT molecular complexity index is 1480. The number of aryl methyl sites for hydroxylation is 2. The van der Waals surface area contributed by atoms with Crippen LogP contribution in [0.1, 0.15) is 37.4 Å². The van der Waals surface area contributed by atoms with Crippen LogP contribution in [-0.2, 0) is 16.6 Å². The van der Waals surface area contributed by atoms with Gasteiger partial charge < -0.3 is 0 Å². The van der Waals surface area contributed by atoms with Crippen LogP contribution >= 0.6 is 0 Å². The first kappa shape index (κ1) is 24.5. The molecule has 1 aliphatic rings. The minimum absolute atomic E-state index is 0.0141. The SMILES string of the molecule is CCCN1CCN(S(=O)(=O)c2cnn(CC)n2)C[C@@H]1c1cc2cnn(-c3ccc(F)cc3)c2cc1C. The summed E-state index contributed by atoms with van der Waals surface area (Å²) in [5.74, 6) is -0.293. The van der Waals surface area contributed by atoms with E-state index in [0.717, 1.165) is 40.7 Å². The van der Waals surface area contributed by atoms with Crippen molar-refractivity contribution in [2.45, 2.75) is 44.8 Å². The molecule has 4 aromatic rings. The lowest BCUT2D eigenvalue weighted by atomic mass is 9.96. The normalized spacial score (nSPS) is 17.7. The molecule has 0 radical (unpaired) electrons. The van der Waals surface area contributed by atoms with Crippen LogP contribution in [0.15, 0.2) is 53.8 Å². The van der Waals surface area contributed by atoms with Gasteiger partial charge in [0.2, 0.25) is 5.03 Å². The van der Waals surface area contributed by atoms with E-state index >= 15 is 0 Å². The summed E-state index contributed by atoms with van der Waals surface area (Å²) in [7, 11) is -3.76. The zero-order valence-corrected chi connectivity index (χ0v) is 21.5. The van der Waals surface area contributed by atoms with E-state index < -0.39 is 10.0 Å². The molecule has 3 heterocycles. The van der Waals surface area contributed by atoms with E-state index in [1.54, 1.807) is 23.0 Å². The van der Waals surface area contributed by atoms with E-state index in [4.69, 9.17) is 0 Å². The summed E-state index contributed by atoms with van der Waals surface area (Å²) in [4.78, 5) is 3.74. The van der Waals surface area contributed by atoms with Gasteiger partial charge in [0.1, 0.15) is 5.82 Å². The summed E-state index contributed by atoms with van der Waals surface area (Å²) >= 11 is 0. The van der Waals surface area contributed by atoms with Crippen molar-refractivity contribution in [2.75, 3.05) is 26.2 Å². The summed E-state index contributed by atoms with van der Waals surface area (Å²) < 4.78 is 43.5. The number of hydrogen-bond acceptors (Lipinski definition) is 6. The zero-order valence-electron chi connectivity index (χ0n) is 20.7. The van der Waals surface area contributed by atoms with Crippen LogP contribution in [0, 0.1) is 12.7 Å². The van der Waals surface area contributed by atoms with Crippen molar-refractivity contribution >= 4 is 20.9 Å². The average molecular weight is 512 g/mol. The largest absolute Gasteiger partial charge is 0.294 e. The fourth-order valence-corrected chi connectivity index (χ4v) is 6.19. The van der Waals surface area contributed by atoms with Gasteiger partial charge in [0.05, 0.1) is 30.1 Å². The first-order chi connectivity index (χ1) is 17.3. The Morgan fingerprint density at radius 1 is 1.06 bits per heavy atom. The molecule has 1 atom stereocenters. The Hall–Kier alpha value is -3.15. The van der Waals surface area contributed by atoms with Gasteiger partial charge in [-0.1, -0.05) is 6.92 Å². The second kappa shape index (κ2) is 9.72. The summed E-state index contributed by atoms with van der Waals surface area (Å²) in [6.07, 6.45) is 4.09. The first-order valence-corrected chi connectivity index (χ1v) is 13.6. The Morgan fingerprint density at radius 2 is 1.83 bits per heavy atom. The minimum Gasteiger partial charge on any atom is -0.294 e. The molecule has 0 amide bonds. The van der Waals surface area contributed by atoms with Crippen LogP contribution < -0.4 is 0 Å². The summed E-state index contributed by atoms with van der Waals surface area (Å²) in [5, 5.41) is 13.7. The maximum atomic E-state index is 13.4. The number of rotatable bonds is 7. The van der Waals surface area contributed by atoms with E-state index in [1.807, 2.05) is 13.8 Å². The van der Waals surface area contributed by atoms with Crippen molar-refractivity contribution < 1.29 is 12.8 Å². The molecule has 9 nitrogen and oxygen atoms in total. The van der Waals surface area contributed by atoms with Crippen LogP contribution in [0.4, 0.5) is 4.39 Å². The number of piperazine rings is 1. The highest BCUT2D eigenvalue weighted by atomic mass is 32.2. The number of benzene rings is 2. The number of aromatic nitrogens is 5. The summed E-state index contributed by atoms with van der Waals surface area (Å²) in [5.41, 5.74) is 3.82. The highest BCUT2D eigenvalue weighted by molar-refractivity contribution is 7.89. The molecule has 0 aliphatic carbocycles. The molecular weight excluding hydrogens is 481 g/mol. The molecule has 2 aromatic heterocycles. The van der Waals surface area contributed by atoms with Gasteiger partial charge in [-0.2, -0.15) is 19.3 Å². The van der Waals surface area contributed by atoms with Crippen molar-refractivity contribution in [3.05, 3.63) is 65.7 Å². The molecule has 1 fully saturated rings. The molecule has 36 heavy (non-hydrogen) atoms. The van der Waals surface area contributed by atoms with Crippen LogP contribution in [0.2, 0.25) is 0 Å². The van der Waals surface area contributed by atoms with Gasteiger partial charge in [0, 0.05) is 31.1 Å². The molecule has 1 aliphatic heterocycles. The maximum Gasteiger partial charge on any atom is 0.264 e. The number of fused-ring (bicyclic) bond motifs is 1. The van der Waals surface area contributed by atoms with Crippen molar-refractivity contribution in [2.24, 2.45) is 0 Å². The second-order valence-electron chi connectivity index (χ2n) is 9.09. The molecule has 0 N–H and O–H groups in total. The van der Waals surface area contributed by atoms with E-state index in [1.165, 1.54) is 27.4 Å². The second-order valence-corrected chi connectivity index (χ2v) is 11.0. The lowest BCUT2D eigenvalue weighted by Crippen LogP contribution is -2.50. The van der Waals surface area contributed by atoms with Crippen LogP contribution in [0.5, 0.6) is 0 Å². The average Bonchev–Trinajstić information content (AvgIpc) is 3.52. The van der Waals surface area contributed by atoms with Gasteiger partial charge in [-0.15, -0.1) is 5.10 Å². The third-order valence-corrected chi connectivity index (χ3v) is 8.48. The molecular formula is C25H30FN7O2S. The van der Waals surface area contributed by atoms with Crippen molar-refractivity contribution in [1.29, 1.82) is 0 Å². The Kier molecular flexibility index (Phi) is 6.62. The van der Waals surface area contributed by atoms with E-state index in [-0.39, 0.29) is 16.9 Å². The maximum absolute atomic E-state index is 13.4. The number of halogens is 1. The van der Waals surface area contributed by atoms with Crippen molar-refractivity contribution in [3.8, 4) is 5.69 Å². The van der Waals surface area contributed by atoms with Gasteiger partial charge in [-0.25, -0.2) is 17.5 Å². The van der Waals surface area contributed by atoms with Crippen LogP contribution in [-0.4, -0.2) is 68.6 Å². The fourth-order valence-electron chi connectivity index (χ4n) is 4.89. The third kappa shape index (κ3) is 4.42. The highest BCUT2D eigenvalue weighted by Gasteiger charge is 2.36. The van der Waals surface area contributed by atoms with E-state index in [0.29, 0.717) is 26.2 Å². The fraction of sp³-hybridized carbons (Fsp3) is 0.400. The molecule has 1 saturated heterocycles. The molecule has 0 spiro atoms. The Balaban J connectivity index is 1.51. The van der Waals surface area contributed by atoms with Crippen LogP contribution in [0.3, 0.4) is 0 Å². The van der Waals surface area contributed by atoms with Gasteiger partial charge in [-0.05, 0) is 74.3 Å². The van der Waals surface area contributed by atoms with E-state index in [9.17, 15) is 12.8 Å². The molecule has 11 heteroatoms. The number of nitrogens with zero attached hydrogens (tertiary/aromatic N) is 7. The predicted molar refractivity (Wildman–Crippen MR) is 135 cm³/mol. The highest BCUT2D eigenvalue weighted by Crippen LogP contribution is 2.33. The molecule has 0 bridgehead atoms. The smallest absolute Gasteiger partial charge is 0.264 e. The molecule has 190 valence electrons. The Labute approximate surface area is 210 Å². The molecule has 0 saturated carbocycles. The van der Waals surface area contributed by atoms with Gasteiger partial charge >= 0.3 is 0 Å². The Morgan fingerprint density at radius 3 is 2.53 bits per heavy atom. The molecule has 0 unspecified atom stereocenters. The minimum atomic E-state index is -3.76. The molecule has 5 rings (SSSR count). The van der Waals surface area contributed by atoms with Crippen molar-refractivity contribution in [1.82, 2.24) is 34.0 Å². The standard InChI is InChI=1S/C25H30FN7O2S/c1-4-10-30-11-12-31(36(34,35)25-16-27-32(5-2)29-25)17-24(30)22-14-19-15-28-33(23(19)13-18(22)3)21-8-6-20(26)7-9-21/h6-9,13-16,24H,4-5,10-12,17H2,1-3H3/t24-/m1/s1. The summed E-state index contributed by atoms with van der Waals surface area (Å²) in [6, 6.07) is 10.3. The third-order valence-electron chi connectivity index (χ3n) is 6.75. The zero-order chi connectivity index (χ0) is 25.4. The topological polar surface area (TPSA) is 89.2 Å². The monoisotopic (exact) mass is 511 g/mol.